The molecule has 0 bridgehead atoms. The molecule has 1 N–H and O–H groups in total. The summed E-state index contributed by atoms with van der Waals surface area (Å²) >= 11 is 0. The van der Waals surface area contributed by atoms with Crippen LogP contribution in [0.5, 0.6) is 11.5 Å². The Morgan fingerprint density at radius 1 is 1.00 bits per heavy atom. The molecule has 0 spiro atoms. The van der Waals surface area contributed by atoms with Crippen LogP contribution in [0.25, 0.3) is 11.6 Å². The van der Waals surface area contributed by atoms with Crippen molar-refractivity contribution in [3.05, 3.63) is 71.9 Å². The smallest absolute Gasteiger partial charge is 0.410 e. The Bertz CT molecular complexity index is 1710. The topological polar surface area (TPSA) is 135 Å². The Hall–Kier alpha value is -5.33. The molecule has 46 heavy (non-hydrogen) atoms. The van der Waals surface area contributed by atoms with Gasteiger partial charge in [-0.15, -0.1) is 0 Å². The van der Waals surface area contributed by atoms with Crippen LogP contribution in [-0.2, 0) is 17.8 Å². The number of oxazole rings is 1. The van der Waals surface area contributed by atoms with Gasteiger partial charge in [0.15, 0.2) is 0 Å². The minimum atomic E-state index is -0.528. The number of piperazine rings is 1. The number of methoxy groups -OCH3 is 2. The molecule has 2 amide bonds. The average molecular weight is 628 g/mol. The zero-order valence-electron chi connectivity index (χ0n) is 26.6. The molecule has 240 valence electrons. The molecule has 13 heteroatoms. The number of rotatable bonds is 8. The minimum Gasteiger partial charge on any atom is -0.497 e. The van der Waals surface area contributed by atoms with E-state index in [0.717, 1.165) is 11.3 Å². The quantitative estimate of drug-likeness (QED) is 0.279. The van der Waals surface area contributed by atoms with Crippen LogP contribution in [0.1, 0.15) is 42.3 Å². The number of aromatic nitrogens is 3. The number of carbonyl (C=O) groups is 2. The molecule has 0 atom stereocenters. The van der Waals surface area contributed by atoms with Crippen LogP contribution < -0.4 is 19.7 Å². The van der Waals surface area contributed by atoms with Crippen LogP contribution in [-0.4, -0.2) is 82.8 Å². The van der Waals surface area contributed by atoms with Gasteiger partial charge in [0.1, 0.15) is 34.9 Å². The predicted molar refractivity (Wildman–Crippen MR) is 170 cm³/mol. The maximum absolute atomic E-state index is 13.9. The first-order valence-corrected chi connectivity index (χ1v) is 15.0. The van der Waals surface area contributed by atoms with Crippen LogP contribution in [0.2, 0.25) is 0 Å². The molecule has 2 aliphatic rings. The molecule has 1 saturated heterocycles. The van der Waals surface area contributed by atoms with Crippen molar-refractivity contribution in [2.24, 2.45) is 0 Å². The van der Waals surface area contributed by atoms with Gasteiger partial charge in [-0.05, 0) is 45.0 Å². The normalized spacial score (nSPS) is 14.7. The van der Waals surface area contributed by atoms with E-state index in [1.807, 2.05) is 45.0 Å². The number of hydrogen-bond donors (Lipinski definition) is 1. The van der Waals surface area contributed by atoms with Crippen molar-refractivity contribution in [1.29, 1.82) is 0 Å². The van der Waals surface area contributed by atoms with Gasteiger partial charge in [-0.1, -0.05) is 0 Å². The monoisotopic (exact) mass is 627 g/mol. The Kier molecular flexibility index (Phi) is 8.39. The summed E-state index contributed by atoms with van der Waals surface area (Å²) in [6.07, 6.45) is 6.13. The molecule has 0 aliphatic carbocycles. The van der Waals surface area contributed by atoms with E-state index in [4.69, 9.17) is 18.6 Å². The van der Waals surface area contributed by atoms with E-state index < -0.39 is 5.60 Å². The Labute approximate surface area is 267 Å². The highest BCUT2D eigenvalue weighted by molar-refractivity contribution is 6.05. The maximum atomic E-state index is 13.9. The number of hydrogen-bond acceptors (Lipinski definition) is 11. The third kappa shape index (κ3) is 6.39. The Morgan fingerprint density at radius 2 is 1.80 bits per heavy atom. The summed E-state index contributed by atoms with van der Waals surface area (Å²) in [5.41, 5.74) is 3.49. The van der Waals surface area contributed by atoms with Crippen LogP contribution >= 0.6 is 0 Å². The van der Waals surface area contributed by atoms with E-state index in [2.05, 4.69) is 25.2 Å². The number of fused-ring (bicyclic) bond motifs is 1. The summed E-state index contributed by atoms with van der Waals surface area (Å²) in [4.78, 5) is 45.6. The lowest BCUT2D eigenvalue weighted by Crippen LogP contribution is -2.50. The van der Waals surface area contributed by atoms with Gasteiger partial charge in [-0.25, -0.2) is 19.7 Å². The Balaban J connectivity index is 1.19. The average Bonchev–Trinajstić information content (AvgIpc) is 3.70. The molecular weight excluding hydrogens is 590 g/mol. The maximum Gasteiger partial charge on any atom is 0.410 e. The van der Waals surface area contributed by atoms with Gasteiger partial charge in [0.25, 0.3) is 5.91 Å². The number of carbonyl (C=O) groups excluding carboxylic acids is 2. The number of nitrogens with zero attached hydrogens (tertiary/aromatic N) is 6. The van der Waals surface area contributed by atoms with Crippen molar-refractivity contribution in [2.75, 3.05) is 50.6 Å². The van der Waals surface area contributed by atoms with Crippen molar-refractivity contribution in [3.63, 3.8) is 0 Å². The molecule has 0 radical (unpaired) electrons. The molecule has 0 saturated carbocycles. The lowest BCUT2D eigenvalue weighted by molar-refractivity contribution is 0.0240. The van der Waals surface area contributed by atoms with Crippen molar-refractivity contribution < 1.29 is 28.2 Å². The van der Waals surface area contributed by atoms with E-state index in [1.165, 1.54) is 6.26 Å². The lowest BCUT2D eigenvalue weighted by atomic mass is 10.1. The van der Waals surface area contributed by atoms with Gasteiger partial charge in [-0.3, -0.25) is 4.79 Å². The number of pyridine rings is 2. The van der Waals surface area contributed by atoms with Gasteiger partial charge in [-0.2, -0.15) is 0 Å². The zero-order chi connectivity index (χ0) is 32.4. The van der Waals surface area contributed by atoms with E-state index in [9.17, 15) is 9.59 Å². The number of anilines is 3. The Morgan fingerprint density at radius 3 is 2.46 bits per heavy atom. The molecule has 5 heterocycles. The van der Waals surface area contributed by atoms with Gasteiger partial charge in [0, 0.05) is 56.5 Å². The summed E-state index contributed by atoms with van der Waals surface area (Å²) in [5.74, 6) is 2.04. The first kappa shape index (κ1) is 30.7. The number of nitrogens with one attached hydrogen (secondary N) is 1. The van der Waals surface area contributed by atoms with Crippen LogP contribution in [0.15, 0.2) is 59.6 Å². The summed E-state index contributed by atoms with van der Waals surface area (Å²) in [7, 11) is 3.19. The third-order valence-electron chi connectivity index (χ3n) is 7.83. The summed E-state index contributed by atoms with van der Waals surface area (Å²) in [6, 6.07) is 9.37. The van der Waals surface area contributed by atoms with Gasteiger partial charge >= 0.3 is 6.09 Å². The molecule has 1 aromatic carbocycles. The summed E-state index contributed by atoms with van der Waals surface area (Å²) < 4.78 is 22.0. The minimum absolute atomic E-state index is 0.162. The number of amides is 2. The van der Waals surface area contributed by atoms with Crippen molar-refractivity contribution in [1.82, 2.24) is 24.8 Å². The molecule has 6 rings (SSSR count). The second kappa shape index (κ2) is 12.6. The van der Waals surface area contributed by atoms with Crippen LogP contribution in [0.3, 0.4) is 0 Å². The summed E-state index contributed by atoms with van der Waals surface area (Å²) in [5, 5.41) is 3.30. The van der Waals surface area contributed by atoms with Gasteiger partial charge < -0.3 is 38.6 Å². The van der Waals surface area contributed by atoms with E-state index in [-0.39, 0.29) is 12.0 Å². The molecule has 13 nitrogen and oxygen atoms in total. The third-order valence-corrected chi connectivity index (χ3v) is 7.83. The fourth-order valence-corrected chi connectivity index (χ4v) is 5.57. The molecule has 0 unspecified atom stereocenters. The van der Waals surface area contributed by atoms with Gasteiger partial charge in [0.05, 0.1) is 49.7 Å². The number of ether oxygens (including phenoxy) is 3. The number of benzene rings is 1. The van der Waals surface area contributed by atoms with E-state index in [1.54, 1.807) is 48.7 Å². The highest BCUT2D eigenvalue weighted by Crippen LogP contribution is 2.38. The molecule has 3 aromatic heterocycles. The second-order valence-corrected chi connectivity index (χ2v) is 12.0. The molecule has 1 fully saturated rings. The van der Waals surface area contributed by atoms with Crippen LogP contribution in [0.4, 0.5) is 22.0 Å². The SMILES string of the molecule is COc1ccc(CN2Cc3c(-c4ncco4)ncc(Nc4ccc(N5CCN(C(=O)OC(C)(C)C)CC5)cn4)c3C2=O)c(OC)c1. The second-order valence-electron chi connectivity index (χ2n) is 12.0. The molecule has 4 aromatic rings. The van der Waals surface area contributed by atoms with Crippen molar-refractivity contribution in [2.45, 2.75) is 39.5 Å². The predicted octanol–water partition coefficient (Wildman–Crippen LogP) is 5.11. The van der Waals surface area contributed by atoms with Crippen LogP contribution in [0, 0.1) is 0 Å². The zero-order valence-corrected chi connectivity index (χ0v) is 26.6. The molecular formula is C33H37N7O6. The van der Waals surface area contributed by atoms with Crippen molar-refractivity contribution >= 4 is 29.2 Å². The van der Waals surface area contributed by atoms with E-state index in [0.29, 0.717) is 85.0 Å². The fraction of sp³-hybridized carbons (Fsp3) is 0.364. The lowest BCUT2D eigenvalue weighted by Gasteiger charge is -2.36. The first-order chi connectivity index (χ1) is 22.1. The highest BCUT2D eigenvalue weighted by atomic mass is 16.6. The highest BCUT2D eigenvalue weighted by Gasteiger charge is 2.35. The largest absolute Gasteiger partial charge is 0.497 e. The fourth-order valence-electron chi connectivity index (χ4n) is 5.57. The standard InChI is InChI=1S/C33H37N7O6/c1-33(2,3)46-32(42)39-13-11-38(12-14-39)22-7-9-27(35-17-22)37-25-18-36-29(30-34-10-15-45-30)24-20-40(31(41)28(24)25)19-21-6-8-23(43-4)16-26(21)44-5/h6-10,15-18H,11-14,19-20H2,1-5H3,(H,35,37). The summed E-state index contributed by atoms with van der Waals surface area (Å²) in [6.45, 7) is 8.67. The van der Waals surface area contributed by atoms with Gasteiger partial charge in [0.2, 0.25) is 5.89 Å². The van der Waals surface area contributed by atoms with E-state index >= 15 is 0 Å². The first-order valence-electron chi connectivity index (χ1n) is 15.0. The van der Waals surface area contributed by atoms with Crippen molar-refractivity contribution in [3.8, 4) is 23.1 Å². The molecule has 2 aliphatic heterocycles.